The van der Waals surface area contributed by atoms with Crippen LogP contribution in [0.4, 0.5) is 0 Å². The average molecular weight is 364 g/mol. The van der Waals surface area contributed by atoms with Gasteiger partial charge in [-0.25, -0.2) is 0 Å². The highest BCUT2D eigenvalue weighted by molar-refractivity contribution is 5.63. The molecule has 2 aliphatic heterocycles. The zero-order chi connectivity index (χ0) is 18.6. The molecule has 4 aliphatic rings. The summed E-state index contributed by atoms with van der Waals surface area (Å²) in [6.07, 6.45) is 3.87. The molecule has 1 heteroatoms. The Kier molecular flexibility index (Phi) is 2.55. The fraction of sp³-hybridized carbons (Fsp3) is 0.333. The second kappa shape index (κ2) is 4.60. The van der Waals surface area contributed by atoms with Crippen molar-refractivity contribution in [2.75, 3.05) is 0 Å². The van der Waals surface area contributed by atoms with E-state index in [0.717, 1.165) is 5.92 Å². The van der Waals surface area contributed by atoms with Crippen molar-refractivity contribution in [2.24, 2.45) is 16.7 Å². The molecule has 2 heterocycles. The predicted molar refractivity (Wildman–Crippen MR) is 110 cm³/mol. The van der Waals surface area contributed by atoms with E-state index in [0.29, 0.717) is 0 Å². The van der Waals surface area contributed by atoms with E-state index >= 15 is 0 Å². The molecular formula is C27H24O. The quantitative estimate of drug-likeness (QED) is 0.540. The molecule has 0 aromatic heterocycles. The summed E-state index contributed by atoms with van der Waals surface area (Å²) in [5.74, 6) is 0.775. The van der Waals surface area contributed by atoms with E-state index in [1.807, 2.05) is 0 Å². The Bertz CT molecular complexity index is 1030. The summed E-state index contributed by atoms with van der Waals surface area (Å²) >= 11 is 0. The first-order valence-electron chi connectivity index (χ1n) is 10.6. The first-order valence-corrected chi connectivity index (χ1v) is 10.6. The largest absolute Gasteiger partial charge is 0.348 e. The van der Waals surface area contributed by atoms with Gasteiger partial charge < -0.3 is 4.74 Å². The van der Waals surface area contributed by atoms with E-state index in [1.54, 1.807) is 0 Å². The first-order chi connectivity index (χ1) is 13.7. The van der Waals surface area contributed by atoms with Crippen LogP contribution in [0.3, 0.4) is 0 Å². The summed E-state index contributed by atoms with van der Waals surface area (Å²) < 4.78 is 7.50. The van der Waals surface area contributed by atoms with Crippen LogP contribution in [-0.2, 0) is 15.9 Å². The minimum Gasteiger partial charge on any atom is -0.348 e. The Morgan fingerprint density at radius 1 is 0.714 bits per heavy atom. The standard InChI is InChI=1S/C27H24O/c1-24-17-16-21-18-25(21,24)27(20-12-6-3-7-13-20)23-15-9-8-14-22(23)26(24,28-27)19-10-4-2-5-11-19/h2-15,21H,16-18H2,1H3. The van der Waals surface area contributed by atoms with Gasteiger partial charge in [0.1, 0.15) is 11.2 Å². The van der Waals surface area contributed by atoms with Gasteiger partial charge in [-0.05, 0) is 47.4 Å². The highest BCUT2D eigenvalue weighted by atomic mass is 16.5. The van der Waals surface area contributed by atoms with Crippen molar-refractivity contribution in [3.05, 3.63) is 107 Å². The predicted octanol–water partition coefficient (Wildman–Crippen LogP) is 6.02. The summed E-state index contributed by atoms with van der Waals surface area (Å²) in [6.45, 7) is 2.54. The van der Waals surface area contributed by atoms with Gasteiger partial charge in [-0.1, -0.05) is 91.9 Å². The monoisotopic (exact) mass is 364 g/mol. The Labute approximate surface area is 166 Å². The molecule has 2 saturated carbocycles. The molecule has 0 amide bonds. The van der Waals surface area contributed by atoms with E-state index in [2.05, 4.69) is 91.9 Å². The van der Waals surface area contributed by atoms with Gasteiger partial charge in [0.15, 0.2) is 0 Å². The maximum atomic E-state index is 7.50. The van der Waals surface area contributed by atoms with Crippen LogP contribution in [0.5, 0.6) is 0 Å². The molecule has 7 rings (SSSR count). The second-order valence-electron chi connectivity index (χ2n) is 9.49. The number of rotatable bonds is 2. The lowest BCUT2D eigenvalue weighted by Gasteiger charge is -2.48. The SMILES string of the molecule is CC12CCC3CC31C1(c3ccccc3)OC2(c2ccccc2)c2ccccc21. The van der Waals surface area contributed by atoms with Crippen LogP contribution in [0, 0.1) is 16.7 Å². The van der Waals surface area contributed by atoms with Crippen molar-refractivity contribution in [1.82, 2.24) is 0 Å². The molecule has 3 fully saturated rings. The summed E-state index contributed by atoms with van der Waals surface area (Å²) in [6, 6.07) is 31.2. The van der Waals surface area contributed by atoms with Crippen LogP contribution in [0.2, 0.25) is 0 Å². The van der Waals surface area contributed by atoms with E-state index in [9.17, 15) is 0 Å². The number of benzene rings is 3. The molecule has 3 aromatic carbocycles. The highest BCUT2D eigenvalue weighted by Crippen LogP contribution is 2.92. The lowest BCUT2D eigenvalue weighted by Crippen LogP contribution is -2.48. The molecule has 5 unspecified atom stereocenters. The van der Waals surface area contributed by atoms with Crippen molar-refractivity contribution in [3.63, 3.8) is 0 Å². The summed E-state index contributed by atoms with van der Waals surface area (Å²) in [4.78, 5) is 0. The maximum absolute atomic E-state index is 7.50. The molecule has 2 aliphatic carbocycles. The minimum atomic E-state index is -0.355. The number of hydrogen-bond donors (Lipinski definition) is 0. The fourth-order valence-electron chi connectivity index (χ4n) is 7.88. The minimum absolute atomic E-state index is 0.121. The zero-order valence-electron chi connectivity index (χ0n) is 16.2. The van der Waals surface area contributed by atoms with Crippen molar-refractivity contribution < 1.29 is 4.74 Å². The third-order valence-electron chi connectivity index (χ3n) is 8.84. The van der Waals surface area contributed by atoms with Crippen LogP contribution in [0.25, 0.3) is 0 Å². The number of ether oxygens (including phenoxy) is 1. The second-order valence-corrected chi connectivity index (χ2v) is 9.49. The normalized spacial score (nSPS) is 41.4. The van der Waals surface area contributed by atoms with Crippen molar-refractivity contribution >= 4 is 0 Å². The first kappa shape index (κ1) is 15.5. The van der Waals surface area contributed by atoms with Crippen molar-refractivity contribution in [1.29, 1.82) is 0 Å². The molecule has 3 aromatic rings. The Balaban J connectivity index is 1.65. The van der Waals surface area contributed by atoms with Gasteiger partial charge in [0, 0.05) is 10.8 Å². The molecule has 5 atom stereocenters. The third-order valence-corrected chi connectivity index (χ3v) is 8.84. The smallest absolute Gasteiger partial charge is 0.127 e. The Morgan fingerprint density at radius 3 is 1.86 bits per heavy atom. The Morgan fingerprint density at radius 2 is 1.25 bits per heavy atom. The van der Waals surface area contributed by atoms with Gasteiger partial charge in [-0.2, -0.15) is 0 Å². The van der Waals surface area contributed by atoms with Gasteiger partial charge >= 0.3 is 0 Å². The molecule has 1 nitrogen and oxygen atoms in total. The summed E-state index contributed by atoms with van der Waals surface area (Å²) in [5.41, 5.74) is 5.13. The van der Waals surface area contributed by atoms with E-state index in [1.165, 1.54) is 41.5 Å². The molecule has 138 valence electrons. The van der Waals surface area contributed by atoms with Crippen molar-refractivity contribution in [2.45, 2.75) is 37.4 Å². The molecule has 0 N–H and O–H groups in total. The lowest BCUT2D eigenvalue weighted by molar-refractivity contribution is -0.0752. The highest BCUT2D eigenvalue weighted by Gasteiger charge is 2.91. The summed E-state index contributed by atoms with van der Waals surface area (Å²) in [5, 5.41) is 0. The van der Waals surface area contributed by atoms with E-state index in [-0.39, 0.29) is 22.0 Å². The average Bonchev–Trinajstić information content (AvgIpc) is 3.22. The molecule has 1 spiro atoms. The summed E-state index contributed by atoms with van der Waals surface area (Å²) in [7, 11) is 0. The molecule has 28 heavy (non-hydrogen) atoms. The third kappa shape index (κ3) is 1.29. The van der Waals surface area contributed by atoms with Gasteiger partial charge in [0.05, 0.1) is 0 Å². The van der Waals surface area contributed by atoms with E-state index in [4.69, 9.17) is 4.74 Å². The molecule has 1 saturated heterocycles. The van der Waals surface area contributed by atoms with Gasteiger partial charge in [-0.3, -0.25) is 0 Å². The van der Waals surface area contributed by atoms with Gasteiger partial charge in [0.25, 0.3) is 0 Å². The number of fused-ring (bicyclic) bond motifs is 6. The topological polar surface area (TPSA) is 9.23 Å². The Hall–Kier alpha value is -2.38. The molecular weight excluding hydrogens is 340 g/mol. The van der Waals surface area contributed by atoms with Crippen LogP contribution < -0.4 is 0 Å². The zero-order valence-corrected chi connectivity index (χ0v) is 16.2. The molecule has 2 bridgehead atoms. The molecule has 0 radical (unpaired) electrons. The van der Waals surface area contributed by atoms with Crippen LogP contribution in [0.15, 0.2) is 84.9 Å². The fourth-order valence-corrected chi connectivity index (χ4v) is 7.88. The van der Waals surface area contributed by atoms with Crippen LogP contribution in [0.1, 0.15) is 48.4 Å². The van der Waals surface area contributed by atoms with Gasteiger partial charge in [0.2, 0.25) is 0 Å². The number of hydrogen-bond acceptors (Lipinski definition) is 1. The van der Waals surface area contributed by atoms with Crippen LogP contribution >= 0.6 is 0 Å². The van der Waals surface area contributed by atoms with E-state index < -0.39 is 0 Å². The van der Waals surface area contributed by atoms with Crippen molar-refractivity contribution in [3.8, 4) is 0 Å². The van der Waals surface area contributed by atoms with Gasteiger partial charge in [-0.15, -0.1) is 0 Å². The maximum Gasteiger partial charge on any atom is 0.127 e. The lowest BCUT2D eigenvalue weighted by atomic mass is 9.51. The van der Waals surface area contributed by atoms with Crippen LogP contribution in [-0.4, -0.2) is 0 Å².